The van der Waals surface area contributed by atoms with Crippen LogP contribution in [0.1, 0.15) is 37.6 Å². The molecule has 1 heterocycles. The molecule has 0 aliphatic carbocycles. The second kappa shape index (κ2) is 6.24. The second-order valence-electron chi connectivity index (χ2n) is 4.74. The average molecular weight is 323 g/mol. The molecule has 0 aliphatic heterocycles. The molecule has 2 rings (SSSR count). The van der Waals surface area contributed by atoms with E-state index in [9.17, 15) is 0 Å². The van der Waals surface area contributed by atoms with Crippen molar-refractivity contribution >= 4 is 15.9 Å². The fourth-order valence-corrected chi connectivity index (χ4v) is 2.11. The molecule has 0 saturated heterocycles. The average Bonchev–Trinajstić information content (AvgIpc) is 2.88. The summed E-state index contributed by atoms with van der Waals surface area (Å²) in [7, 11) is 0. The van der Waals surface area contributed by atoms with Crippen molar-refractivity contribution in [1.29, 1.82) is 0 Å². The lowest BCUT2D eigenvalue weighted by atomic mass is 10.2. The summed E-state index contributed by atoms with van der Waals surface area (Å²) in [5.41, 5.74) is 2.09. The number of benzene rings is 1. The van der Waals surface area contributed by atoms with Gasteiger partial charge in [-0.2, -0.15) is 5.10 Å². The highest BCUT2D eigenvalue weighted by atomic mass is 79.9. The number of hydrogen-bond donors (Lipinski definition) is 0. The molecule has 1 atom stereocenters. The molecule has 0 fully saturated rings. The minimum Gasteiger partial charge on any atom is -0.487 e. The van der Waals surface area contributed by atoms with Gasteiger partial charge in [0.15, 0.2) is 0 Å². The van der Waals surface area contributed by atoms with Crippen molar-refractivity contribution in [3.63, 3.8) is 0 Å². The Bertz CT molecular complexity index is 551. The summed E-state index contributed by atoms with van der Waals surface area (Å²) in [6.07, 6.45) is 3.09. The van der Waals surface area contributed by atoms with Gasteiger partial charge in [0.2, 0.25) is 0 Å². The summed E-state index contributed by atoms with van der Waals surface area (Å²) < 4.78 is 8.84. The molecular formula is C15H19BrN2O. The molecule has 3 nitrogen and oxygen atoms in total. The summed E-state index contributed by atoms with van der Waals surface area (Å²) in [6.45, 7) is 6.86. The molecular weight excluding hydrogens is 304 g/mol. The van der Waals surface area contributed by atoms with Gasteiger partial charge < -0.3 is 4.74 Å². The first-order valence-corrected chi connectivity index (χ1v) is 7.32. The quantitative estimate of drug-likeness (QED) is 0.810. The SMILES string of the molecule is CCC(C)n1ccc(COc2cc(Br)ccc2C)n1. The van der Waals surface area contributed by atoms with Crippen LogP contribution in [-0.4, -0.2) is 9.78 Å². The smallest absolute Gasteiger partial charge is 0.132 e. The van der Waals surface area contributed by atoms with Crippen LogP contribution in [0.3, 0.4) is 0 Å². The zero-order chi connectivity index (χ0) is 13.8. The van der Waals surface area contributed by atoms with Crippen molar-refractivity contribution in [3.8, 4) is 5.75 Å². The van der Waals surface area contributed by atoms with Crippen LogP contribution >= 0.6 is 15.9 Å². The Balaban J connectivity index is 2.02. The zero-order valence-corrected chi connectivity index (χ0v) is 13.1. The number of halogens is 1. The van der Waals surface area contributed by atoms with Gasteiger partial charge >= 0.3 is 0 Å². The largest absolute Gasteiger partial charge is 0.487 e. The molecule has 0 saturated carbocycles. The maximum Gasteiger partial charge on any atom is 0.132 e. The second-order valence-corrected chi connectivity index (χ2v) is 5.66. The van der Waals surface area contributed by atoms with E-state index in [0.717, 1.165) is 27.9 Å². The van der Waals surface area contributed by atoms with Crippen molar-refractivity contribution in [2.45, 2.75) is 39.8 Å². The Morgan fingerprint density at radius 3 is 2.89 bits per heavy atom. The van der Waals surface area contributed by atoms with Crippen molar-refractivity contribution in [3.05, 3.63) is 46.2 Å². The monoisotopic (exact) mass is 322 g/mol. The fraction of sp³-hybridized carbons (Fsp3) is 0.400. The number of aromatic nitrogens is 2. The molecule has 2 aromatic rings. The summed E-state index contributed by atoms with van der Waals surface area (Å²) >= 11 is 3.46. The molecule has 0 bridgehead atoms. The van der Waals surface area contributed by atoms with Gasteiger partial charge in [-0.3, -0.25) is 4.68 Å². The van der Waals surface area contributed by atoms with Crippen LogP contribution in [-0.2, 0) is 6.61 Å². The van der Waals surface area contributed by atoms with Gasteiger partial charge in [-0.15, -0.1) is 0 Å². The topological polar surface area (TPSA) is 27.1 Å². The molecule has 4 heteroatoms. The number of rotatable bonds is 5. The first-order chi connectivity index (χ1) is 9.10. The van der Waals surface area contributed by atoms with Crippen LogP contribution in [0.25, 0.3) is 0 Å². The molecule has 102 valence electrons. The number of aryl methyl sites for hydroxylation is 1. The molecule has 0 N–H and O–H groups in total. The predicted octanol–water partition coefficient (Wildman–Crippen LogP) is 4.50. The highest BCUT2D eigenvalue weighted by molar-refractivity contribution is 9.10. The Hall–Kier alpha value is -1.29. The molecule has 0 aliphatic rings. The lowest BCUT2D eigenvalue weighted by Crippen LogP contribution is -2.06. The number of nitrogens with zero attached hydrogens (tertiary/aromatic N) is 2. The van der Waals surface area contributed by atoms with Crippen molar-refractivity contribution in [1.82, 2.24) is 9.78 Å². The molecule has 1 aromatic carbocycles. The maximum atomic E-state index is 5.82. The van der Waals surface area contributed by atoms with Gasteiger partial charge in [-0.05, 0) is 44.0 Å². The summed E-state index contributed by atoms with van der Waals surface area (Å²) in [4.78, 5) is 0. The minimum atomic E-state index is 0.432. The van der Waals surface area contributed by atoms with Crippen LogP contribution in [0.15, 0.2) is 34.9 Å². The maximum absolute atomic E-state index is 5.82. The van der Waals surface area contributed by atoms with E-state index in [-0.39, 0.29) is 0 Å². The molecule has 1 aromatic heterocycles. The van der Waals surface area contributed by atoms with E-state index >= 15 is 0 Å². The van der Waals surface area contributed by atoms with Gasteiger partial charge in [0, 0.05) is 16.7 Å². The van der Waals surface area contributed by atoms with E-state index in [0.29, 0.717) is 12.6 Å². The van der Waals surface area contributed by atoms with E-state index in [1.54, 1.807) is 0 Å². The Morgan fingerprint density at radius 1 is 1.37 bits per heavy atom. The van der Waals surface area contributed by atoms with E-state index < -0.39 is 0 Å². The van der Waals surface area contributed by atoms with Gasteiger partial charge in [-0.1, -0.05) is 28.9 Å². The van der Waals surface area contributed by atoms with Gasteiger partial charge in [0.25, 0.3) is 0 Å². The number of ether oxygens (including phenoxy) is 1. The molecule has 0 radical (unpaired) electrons. The first kappa shape index (κ1) is 14.1. The standard InChI is InChI=1S/C15H19BrN2O/c1-4-12(3)18-8-7-14(17-18)10-19-15-9-13(16)6-5-11(15)2/h5-9,12H,4,10H2,1-3H3. The van der Waals surface area contributed by atoms with Crippen LogP contribution in [0.5, 0.6) is 5.75 Å². The van der Waals surface area contributed by atoms with Crippen LogP contribution < -0.4 is 4.74 Å². The summed E-state index contributed by atoms with van der Waals surface area (Å²) in [6, 6.07) is 8.48. The zero-order valence-electron chi connectivity index (χ0n) is 11.6. The predicted molar refractivity (Wildman–Crippen MR) is 80.4 cm³/mol. The molecule has 19 heavy (non-hydrogen) atoms. The Morgan fingerprint density at radius 2 is 2.16 bits per heavy atom. The third-order valence-electron chi connectivity index (χ3n) is 3.23. The fourth-order valence-electron chi connectivity index (χ4n) is 1.77. The normalized spacial score (nSPS) is 12.4. The van der Waals surface area contributed by atoms with Crippen LogP contribution in [0.4, 0.5) is 0 Å². The van der Waals surface area contributed by atoms with E-state index in [2.05, 4.69) is 34.9 Å². The third kappa shape index (κ3) is 3.60. The number of hydrogen-bond acceptors (Lipinski definition) is 2. The van der Waals surface area contributed by atoms with Crippen LogP contribution in [0, 0.1) is 6.92 Å². The molecule has 1 unspecified atom stereocenters. The Kier molecular flexibility index (Phi) is 4.64. The highest BCUT2D eigenvalue weighted by Crippen LogP contribution is 2.23. The lowest BCUT2D eigenvalue weighted by molar-refractivity contribution is 0.296. The van der Waals surface area contributed by atoms with Gasteiger partial charge in [0.05, 0.1) is 5.69 Å². The Labute approximate surface area is 122 Å². The summed E-state index contributed by atoms with van der Waals surface area (Å²) in [5.74, 6) is 0.896. The molecule has 0 spiro atoms. The van der Waals surface area contributed by atoms with Gasteiger partial charge in [-0.25, -0.2) is 0 Å². The minimum absolute atomic E-state index is 0.432. The van der Waals surface area contributed by atoms with E-state index in [1.165, 1.54) is 0 Å². The first-order valence-electron chi connectivity index (χ1n) is 6.53. The highest BCUT2D eigenvalue weighted by Gasteiger charge is 2.06. The summed E-state index contributed by atoms with van der Waals surface area (Å²) in [5, 5.41) is 4.53. The molecule has 0 amide bonds. The van der Waals surface area contributed by atoms with Crippen molar-refractivity contribution in [2.75, 3.05) is 0 Å². The van der Waals surface area contributed by atoms with Crippen molar-refractivity contribution in [2.24, 2.45) is 0 Å². The van der Waals surface area contributed by atoms with E-state index in [1.807, 2.05) is 42.1 Å². The lowest BCUT2D eigenvalue weighted by Gasteiger charge is -2.09. The van der Waals surface area contributed by atoms with Gasteiger partial charge in [0.1, 0.15) is 12.4 Å². The van der Waals surface area contributed by atoms with Crippen LogP contribution in [0.2, 0.25) is 0 Å². The van der Waals surface area contributed by atoms with Crippen molar-refractivity contribution < 1.29 is 4.74 Å². The van der Waals surface area contributed by atoms with E-state index in [4.69, 9.17) is 4.74 Å². The third-order valence-corrected chi connectivity index (χ3v) is 3.72.